The van der Waals surface area contributed by atoms with Gasteiger partial charge in [0.05, 0.1) is 23.0 Å². The summed E-state index contributed by atoms with van der Waals surface area (Å²) in [6, 6.07) is 2.07. The number of piperazine rings is 1. The molecule has 8 heteroatoms. The van der Waals surface area contributed by atoms with Crippen LogP contribution in [0, 0.1) is 13.8 Å². The number of rotatable bonds is 2. The molecule has 120 valence electrons. The van der Waals surface area contributed by atoms with E-state index in [-0.39, 0.29) is 6.04 Å². The van der Waals surface area contributed by atoms with Crippen LogP contribution in [0.5, 0.6) is 0 Å². The molecule has 0 bridgehead atoms. The molecular formula is C15H19N7O. The monoisotopic (exact) mass is 313 g/mol. The highest BCUT2D eigenvalue weighted by Gasteiger charge is 2.26. The maximum atomic E-state index is 5.49. The second kappa shape index (κ2) is 5.39. The van der Waals surface area contributed by atoms with Crippen molar-refractivity contribution in [2.24, 2.45) is 0 Å². The van der Waals surface area contributed by atoms with Crippen LogP contribution >= 0.6 is 0 Å². The van der Waals surface area contributed by atoms with Gasteiger partial charge in [0.15, 0.2) is 11.5 Å². The number of aromatic nitrogens is 5. The van der Waals surface area contributed by atoms with Crippen LogP contribution in [0.3, 0.4) is 0 Å². The molecule has 1 atom stereocenters. The summed E-state index contributed by atoms with van der Waals surface area (Å²) in [6.07, 6.45) is 1.77. The Morgan fingerprint density at radius 3 is 3.04 bits per heavy atom. The normalized spacial score (nSPS) is 19.5. The van der Waals surface area contributed by atoms with Gasteiger partial charge in [0.1, 0.15) is 0 Å². The standard InChI is InChI=1S/C15H19N7O/c1-9-6-13-17-7-11(10(2)22(13)19-9)15-18-14(20-23-15)12-8-16-4-5-21(12)3/h6-7,12,16H,4-5,8H2,1-3H3. The highest BCUT2D eigenvalue weighted by Crippen LogP contribution is 2.25. The molecule has 1 aliphatic rings. The van der Waals surface area contributed by atoms with Crippen LogP contribution in [-0.2, 0) is 0 Å². The lowest BCUT2D eigenvalue weighted by Crippen LogP contribution is -2.44. The molecule has 0 radical (unpaired) electrons. The van der Waals surface area contributed by atoms with E-state index in [4.69, 9.17) is 4.52 Å². The Morgan fingerprint density at radius 2 is 2.22 bits per heavy atom. The van der Waals surface area contributed by atoms with E-state index in [9.17, 15) is 0 Å². The van der Waals surface area contributed by atoms with Crippen molar-refractivity contribution in [1.82, 2.24) is 35.0 Å². The lowest BCUT2D eigenvalue weighted by atomic mass is 10.2. The Bertz CT molecular complexity index is 853. The molecule has 1 saturated heterocycles. The fourth-order valence-corrected chi connectivity index (χ4v) is 2.95. The SMILES string of the molecule is Cc1cc2ncc(-c3nc(C4CNCCN4C)no3)c(C)n2n1. The number of nitrogens with one attached hydrogen (secondary N) is 1. The Labute approximate surface area is 133 Å². The number of hydrogen-bond donors (Lipinski definition) is 1. The molecule has 1 N–H and O–H groups in total. The molecule has 3 aromatic rings. The quantitative estimate of drug-likeness (QED) is 0.754. The fourth-order valence-electron chi connectivity index (χ4n) is 2.95. The van der Waals surface area contributed by atoms with Crippen LogP contribution in [0.1, 0.15) is 23.3 Å². The summed E-state index contributed by atoms with van der Waals surface area (Å²) in [5.41, 5.74) is 3.50. The largest absolute Gasteiger partial charge is 0.334 e. The summed E-state index contributed by atoms with van der Waals surface area (Å²) >= 11 is 0. The van der Waals surface area contributed by atoms with E-state index >= 15 is 0 Å². The van der Waals surface area contributed by atoms with Crippen LogP contribution in [0.25, 0.3) is 17.1 Å². The summed E-state index contributed by atoms with van der Waals surface area (Å²) in [7, 11) is 2.08. The van der Waals surface area contributed by atoms with Gasteiger partial charge < -0.3 is 9.84 Å². The maximum Gasteiger partial charge on any atom is 0.261 e. The summed E-state index contributed by atoms with van der Waals surface area (Å²) in [5.74, 6) is 1.19. The molecule has 3 aromatic heterocycles. The second-order valence-electron chi connectivity index (χ2n) is 5.97. The van der Waals surface area contributed by atoms with Crippen LogP contribution < -0.4 is 5.32 Å². The van der Waals surface area contributed by atoms with Crippen molar-refractivity contribution in [3.8, 4) is 11.5 Å². The second-order valence-corrected chi connectivity index (χ2v) is 5.97. The Balaban J connectivity index is 1.72. The Morgan fingerprint density at radius 1 is 1.35 bits per heavy atom. The molecule has 0 spiro atoms. The van der Waals surface area contributed by atoms with E-state index in [1.165, 1.54) is 0 Å². The molecule has 1 fully saturated rings. The molecule has 0 aromatic carbocycles. The van der Waals surface area contributed by atoms with E-state index in [1.54, 1.807) is 6.20 Å². The molecule has 8 nitrogen and oxygen atoms in total. The van der Waals surface area contributed by atoms with Crippen LogP contribution in [0.2, 0.25) is 0 Å². The fraction of sp³-hybridized carbons (Fsp3) is 0.467. The predicted octanol–water partition coefficient (Wildman–Crippen LogP) is 0.972. The van der Waals surface area contributed by atoms with Crippen molar-refractivity contribution in [2.75, 3.05) is 26.7 Å². The van der Waals surface area contributed by atoms with Crippen molar-refractivity contribution in [3.05, 3.63) is 29.5 Å². The smallest absolute Gasteiger partial charge is 0.261 e. The number of nitrogens with zero attached hydrogens (tertiary/aromatic N) is 6. The minimum Gasteiger partial charge on any atom is -0.334 e. The number of fused-ring (bicyclic) bond motifs is 1. The van der Waals surface area contributed by atoms with Crippen molar-refractivity contribution in [2.45, 2.75) is 19.9 Å². The molecule has 1 unspecified atom stereocenters. The first-order valence-corrected chi connectivity index (χ1v) is 7.70. The summed E-state index contributed by atoms with van der Waals surface area (Å²) in [4.78, 5) is 11.2. The lowest BCUT2D eigenvalue weighted by molar-refractivity contribution is 0.190. The van der Waals surface area contributed by atoms with Gasteiger partial charge in [0.2, 0.25) is 0 Å². The summed E-state index contributed by atoms with van der Waals surface area (Å²) in [6.45, 7) is 6.70. The zero-order chi connectivity index (χ0) is 16.0. The van der Waals surface area contributed by atoms with Crippen LogP contribution in [0.15, 0.2) is 16.8 Å². The molecule has 4 heterocycles. The van der Waals surface area contributed by atoms with Gasteiger partial charge in [-0.3, -0.25) is 4.90 Å². The van der Waals surface area contributed by atoms with E-state index in [0.717, 1.165) is 42.2 Å². The third-order valence-corrected chi connectivity index (χ3v) is 4.33. The lowest BCUT2D eigenvalue weighted by Gasteiger charge is -2.30. The van der Waals surface area contributed by atoms with Crippen LogP contribution in [-0.4, -0.2) is 56.3 Å². The molecule has 1 aliphatic heterocycles. The predicted molar refractivity (Wildman–Crippen MR) is 84.0 cm³/mol. The van der Waals surface area contributed by atoms with Gasteiger partial charge in [-0.1, -0.05) is 5.16 Å². The van der Waals surface area contributed by atoms with Crippen molar-refractivity contribution in [3.63, 3.8) is 0 Å². The van der Waals surface area contributed by atoms with E-state index < -0.39 is 0 Å². The van der Waals surface area contributed by atoms with E-state index in [1.807, 2.05) is 24.4 Å². The van der Waals surface area contributed by atoms with Crippen LogP contribution in [0.4, 0.5) is 0 Å². The van der Waals surface area contributed by atoms with Crippen molar-refractivity contribution < 1.29 is 4.52 Å². The highest BCUT2D eigenvalue weighted by molar-refractivity contribution is 5.58. The molecule has 0 aliphatic carbocycles. The molecule has 0 saturated carbocycles. The zero-order valence-corrected chi connectivity index (χ0v) is 13.4. The van der Waals surface area contributed by atoms with Crippen molar-refractivity contribution >= 4 is 5.65 Å². The Hall–Kier alpha value is -2.32. The molecule has 23 heavy (non-hydrogen) atoms. The summed E-state index contributed by atoms with van der Waals surface area (Å²) in [5, 5.41) is 12.0. The van der Waals surface area contributed by atoms with Gasteiger partial charge in [-0.25, -0.2) is 9.50 Å². The zero-order valence-electron chi connectivity index (χ0n) is 13.4. The minimum atomic E-state index is 0.130. The molecular weight excluding hydrogens is 294 g/mol. The van der Waals surface area contributed by atoms with Gasteiger partial charge >= 0.3 is 0 Å². The first-order chi connectivity index (χ1) is 11.1. The minimum absolute atomic E-state index is 0.130. The first kappa shape index (κ1) is 14.3. The van der Waals surface area contributed by atoms with Crippen molar-refractivity contribution in [1.29, 1.82) is 0 Å². The number of aryl methyl sites for hydroxylation is 2. The third kappa shape index (κ3) is 2.40. The average Bonchev–Trinajstić information content (AvgIpc) is 3.15. The van der Waals surface area contributed by atoms with Gasteiger partial charge in [-0.2, -0.15) is 10.1 Å². The van der Waals surface area contributed by atoms with E-state index in [0.29, 0.717) is 11.7 Å². The highest BCUT2D eigenvalue weighted by atomic mass is 16.5. The Kier molecular flexibility index (Phi) is 3.35. The van der Waals surface area contributed by atoms with Gasteiger partial charge in [-0.05, 0) is 20.9 Å². The van der Waals surface area contributed by atoms with E-state index in [2.05, 4.69) is 37.5 Å². The van der Waals surface area contributed by atoms with Gasteiger partial charge in [0.25, 0.3) is 5.89 Å². The number of likely N-dealkylation sites (N-methyl/N-ethyl adjacent to an activating group) is 1. The first-order valence-electron chi connectivity index (χ1n) is 7.70. The molecule has 4 rings (SSSR count). The number of hydrogen-bond acceptors (Lipinski definition) is 7. The average molecular weight is 313 g/mol. The maximum absolute atomic E-state index is 5.49. The topological polar surface area (TPSA) is 84.4 Å². The summed E-state index contributed by atoms with van der Waals surface area (Å²) < 4.78 is 7.30. The third-order valence-electron chi connectivity index (χ3n) is 4.33. The molecule has 0 amide bonds. The van der Waals surface area contributed by atoms with Gasteiger partial charge in [-0.15, -0.1) is 0 Å². The van der Waals surface area contributed by atoms with Gasteiger partial charge in [0, 0.05) is 31.9 Å².